The summed E-state index contributed by atoms with van der Waals surface area (Å²) in [5.41, 5.74) is 0. The predicted octanol–water partition coefficient (Wildman–Crippen LogP) is 1.07. The Kier molecular flexibility index (Phi) is 2.09. The van der Waals surface area contributed by atoms with Crippen molar-refractivity contribution in [2.24, 2.45) is 0 Å². The SMILES string of the molecule is C[C@@H]1CCO[C@@H](C)N1C. The van der Waals surface area contributed by atoms with Gasteiger partial charge in [-0.3, -0.25) is 4.90 Å². The van der Waals surface area contributed by atoms with Crippen LogP contribution in [-0.2, 0) is 4.74 Å². The van der Waals surface area contributed by atoms with Crippen LogP contribution in [0.4, 0.5) is 0 Å². The Morgan fingerprint density at radius 2 is 2.11 bits per heavy atom. The zero-order chi connectivity index (χ0) is 6.85. The van der Waals surface area contributed by atoms with E-state index < -0.39 is 0 Å². The molecule has 0 aliphatic carbocycles. The van der Waals surface area contributed by atoms with Crippen LogP contribution in [-0.4, -0.2) is 30.8 Å². The average Bonchev–Trinajstić information content (AvgIpc) is 1.83. The Morgan fingerprint density at radius 1 is 1.44 bits per heavy atom. The van der Waals surface area contributed by atoms with Gasteiger partial charge in [-0.1, -0.05) is 0 Å². The van der Waals surface area contributed by atoms with Crippen LogP contribution < -0.4 is 0 Å². The molecule has 0 N–H and O–H groups in total. The molecule has 54 valence electrons. The molecular formula is C7H15NO. The van der Waals surface area contributed by atoms with Crippen molar-refractivity contribution >= 4 is 0 Å². The van der Waals surface area contributed by atoms with Gasteiger partial charge in [0.25, 0.3) is 0 Å². The molecule has 1 fully saturated rings. The van der Waals surface area contributed by atoms with Crippen molar-refractivity contribution in [2.75, 3.05) is 13.7 Å². The van der Waals surface area contributed by atoms with E-state index in [-0.39, 0.29) is 0 Å². The first-order valence-electron chi connectivity index (χ1n) is 3.55. The second kappa shape index (κ2) is 2.67. The highest BCUT2D eigenvalue weighted by Gasteiger charge is 2.20. The number of hydrogen-bond acceptors (Lipinski definition) is 2. The van der Waals surface area contributed by atoms with E-state index in [0.717, 1.165) is 6.61 Å². The van der Waals surface area contributed by atoms with Gasteiger partial charge in [-0.15, -0.1) is 0 Å². The van der Waals surface area contributed by atoms with Crippen LogP contribution >= 0.6 is 0 Å². The molecule has 1 aliphatic heterocycles. The Morgan fingerprint density at radius 3 is 2.56 bits per heavy atom. The van der Waals surface area contributed by atoms with Gasteiger partial charge in [-0.25, -0.2) is 0 Å². The van der Waals surface area contributed by atoms with Gasteiger partial charge in [0, 0.05) is 6.04 Å². The first-order valence-corrected chi connectivity index (χ1v) is 3.55. The fourth-order valence-electron chi connectivity index (χ4n) is 1.09. The van der Waals surface area contributed by atoms with Crippen molar-refractivity contribution < 1.29 is 4.74 Å². The second-order valence-corrected chi connectivity index (χ2v) is 2.77. The van der Waals surface area contributed by atoms with Crippen LogP contribution in [0.3, 0.4) is 0 Å². The lowest BCUT2D eigenvalue weighted by atomic mass is 10.2. The molecule has 1 heterocycles. The van der Waals surface area contributed by atoms with Gasteiger partial charge in [0.1, 0.15) is 6.23 Å². The van der Waals surface area contributed by atoms with Gasteiger partial charge in [0.15, 0.2) is 0 Å². The van der Waals surface area contributed by atoms with Crippen molar-refractivity contribution in [1.29, 1.82) is 0 Å². The Hall–Kier alpha value is -0.0800. The molecule has 1 aliphatic rings. The maximum Gasteiger partial charge on any atom is 0.107 e. The smallest absolute Gasteiger partial charge is 0.107 e. The normalized spacial score (nSPS) is 39.0. The lowest BCUT2D eigenvalue weighted by Gasteiger charge is -2.35. The summed E-state index contributed by atoms with van der Waals surface area (Å²) in [6, 6.07) is 0.689. The van der Waals surface area contributed by atoms with Crippen LogP contribution in [0.1, 0.15) is 20.3 Å². The van der Waals surface area contributed by atoms with Gasteiger partial charge in [0.05, 0.1) is 6.61 Å². The van der Waals surface area contributed by atoms with Gasteiger partial charge in [-0.05, 0) is 27.3 Å². The van der Waals surface area contributed by atoms with Crippen molar-refractivity contribution in [1.82, 2.24) is 4.90 Å². The molecule has 0 aromatic rings. The molecule has 9 heavy (non-hydrogen) atoms. The first kappa shape index (κ1) is 7.03. The molecule has 0 saturated carbocycles. The number of ether oxygens (including phenoxy) is 1. The minimum atomic E-state index is 0.314. The lowest BCUT2D eigenvalue weighted by molar-refractivity contribution is -0.0946. The van der Waals surface area contributed by atoms with E-state index in [0.29, 0.717) is 12.3 Å². The highest BCUT2D eigenvalue weighted by atomic mass is 16.5. The molecule has 0 amide bonds. The minimum absolute atomic E-state index is 0.314. The summed E-state index contributed by atoms with van der Waals surface area (Å²) in [6.07, 6.45) is 1.48. The third kappa shape index (κ3) is 1.43. The monoisotopic (exact) mass is 129 g/mol. The molecule has 0 unspecified atom stereocenters. The molecule has 2 atom stereocenters. The summed E-state index contributed by atoms with van der Waals surface area (Å²) in [6.45, 7) is 5.25. The predicted molar refractivity (Wildman–Crippen MR) is 37.3 cm³/mol. The number of hydrogen-bond donors (Lipinski definition) is 0. The third-order valence-corrected chi connectivity index (χ3v) is 2.16. The van der Waals surface area contributed by atoms with E-state index >= 15 is 0 Å². The van der Waals surface area contributed by atoms with Crippen LogP contribution in [0.15, 0.2) is 0 Å². The summed E-state index contributed by atoms with van der Waals surface area (Å²) in [7, 11) is 2.11. The molecule has 1 saturated heterocycles. The largest absolute Gasteiger partial charge is 0.363 e. The molecule has 0 bridgehead atoms. The molecule has 0 radical (unpaired) electrons. The van der Waals surface area contributed by atoms with Gasteiger partial charge in [0.2, 0.25) is 0 Å². The van der Waals surface area contributed by atoms with Gasteiger partial charge in [-0.2, -0.15) is 0 Å². The second-order valence-electron chi connectivity index (χ2n) is 2.77. The number of nitrogens with zero attached hydrogens (tertiary/aromatic N) is 1. The molecule has 0 aromatic heterocycles. The summed E-state index contributed by atoms with van der Waals surface area (Å²) in [5.74, 6) is 0. The summed E-state index contributed by atoms with van der Waals surface area (Å²) in [5, 5.41) is 0. The molecular weight excluding hydrogens is 114 g/mol. The quantitative estimate of drug-likeness (QED) is 0.485. The average molecular weight is 129 g/mol. The minimum Gasteiger partial charge on any atom is -0.363 e. The molecule has 2 nitrogen and oxygen atoms in total. The fraction of sp³-hybridized carbons (Fsp3) is 1.00. The molecule has 0 spiro atoms. The highest BCUT2D eigenvalue weighted by molar-refractivity contribution is 4.68. The van der Waals surface area contributed by atoms with E-state index in [1.54, 1.807) is 0 Å². The van der Waals surface area contributed by atoms with E-state index in [9.17, 15) is 0 Å². The zero-order valence-electron chi connectivity index (χ0n) is 6.42. The lowest BCUT2D eigenvalue weighted by Crippen LogP contribution is -2.43. The van der Waals surface area contributed by atoms with Crippen molar-refractivity contribution in [3.63, 3.8) is 0 Å². The summed E-state index contributed by atoms with van der Waals surface area (Å²) < 4.78 is 5.39. The third-order valence-electron chi connectivity index (χ3n) is 2.16. The fourth-order valence-corrected chi connectivity index (χ4v) is 1.09. The maximum absolute atomic E-state index is 5.39. The van der Waals surface area contributed by atoms with Crippen molar-refractivity contribution in [2.45, 2.75) is 32.5 Å². The molecule has 1 rings (SSSR count). The molecule has 2 heteroatoms. The Balaban J connectivity index is 2.41. The van der Waals surface area contributed by atoms with Crippen LogP contribution in [0, 0.1) is 0 Å². The Bertz CT molecular complexity index is 84.9. The summed E-state index contributed by atoms with van der Waals surface area (Å²) >= 11 is 0. The van der Waals surface area contributed by atoms with Gasteiger partial charge < -0.3 is 4.74 Å². The van der Waals surface area contributed by atoms with E-state index in [2.05, 4.69) is 25.8 Å². The topological polar surface area (TPSA) is 12.5 Å². The zero-order valence-corrected chi connectivity index (χ0v) is 6.42. The van der Waals surface area contributed by atoms with Crippen LogP contribution in [0.2, 0.25) is 0 Å². The van der Waals surface area contributed by atoms with Crippen molar-refractivity contribution in [3.8, 4) is 0 Å². The number of rotatable bonds is 0. The maximum atomic E-state index is 5.39. The highest BCUT2D eigenvalue weighted by Crippen LogP contribution is 2.13. The van der Waals surface area contributed by atoms with E-state index in [1.165, 1.54) is 6.42 Å². The summed E-state index contributed by atoms with van der Waals surface area (Å²) in [4.78, 5) is 2.25. The van der Waals surface area contributed by atoms with Crippen LogP contribution in [0.25, 0.3) is 0 Å². The first-order chi connectivity index (χ1) is 4.22. The molecule has 0 aromatic carbocycles. The van der Waals surface area contributed by atoms with Gasteiger partial charge >= 0.3 is 0 Å². The van der Waals surface area contributed by atoms with Crippen molar-refractivity contribution in [3.05, 3.63) is 0 Å². The van der Waals surface area contributed by atoms with Crippen LogP contribution in [0.5, 0.6) is 0 Å². The Labute approximate surface area is 56.8 Å². The van der Waals surface area contributed by atoms with E-state index in [1.807, 2.05) is 0 Å². The standard InChI is InChI=1S/C7H15NO/c1-6-4-5-9-7(2)8(6)3/h6-7H,4-5H2,1-3H3/t6-,7+/m1/s1. The van der Waals surface area contributed by atoms with E-state index in [4.69, 9.17) is 4.74 Å².